The SMILES string of the molecule is CCCCC(Oc1ccc(C(N)=NO)cc1)Oc1ccc(-c2nc(C)sc2CCN(C(C)C)C(C)C)cc1. The first-order valence-electron chi connectivity index (χ1n) is 13.5. The number of ether oxygens (including phenoxy) is 2. The van der Waals surface area contributed by atoms with Crippen molar-refractivity contribution in [2.45, 2.75) is 85.6 Å². The first-order chi connectivity index (χ1) is 18.2. The summed E-state index contributed by atoms with van der Waals surface area (Å²) < 4.78 is 12.4. The molecular formula is C30H42N4O3S. The summed E-state index contributed by atoms with van der Waals surface area (Å²) in [5.74, 6) is 1.48. The minimum absolute atomic E-state index is 0.0612. The van der Waals surface area contributed by atoms with E-state index in [2.05, 4.69) is 63.7 Å². The van der Waals surface area contributed by atoms with Crippen molar-refractivity contribution < 1.29 is 14.7 Å². The summed E-state index contributed by atoms with van der Waals surface area (Å²) in [6.07, 6.45) is 3.35. The molecule has 1 atom stereocenters. The van der Waals surface area contributed by atoms with Crippen molar-refractivity contribution in [2.24, 2.45) is 10.9 Å². The number of amidine groups is 1. The van der Waals surface area contributed by atoms with Crippen molar-refractivity contribution in [3.8, 4) is 22.8 Å². The number of hydrogen-bond donors (Lipinski definition) is 2. The number of benzene rings is 2. The number of aromatic nitrogens is 1. The minimum Gasteiger partial charge on any atom is -0.455 e. The monoisotopic (exact) mass is 538 g/mol. The molecule has 3 aromatic rings. The standard InChI is InChI=1S/C30H42N4O3S/c1-7-8-9-28(37-26-16-12-24(13-17-26)30(31)33-35)36-25-14-10-23(11-15-25)29-27(38-22(6)32-29)18-19-34(20(2)3)21(4)5/h10-17,20-21,28,35H,7-9,18-19H2,1-6H3,(H2,31,33). The first kappa shape index (κ1) is 29.5. The predicted molar refractivity (Wildman–Crippen MR) is 156 cm³/mol. The summed E-state index contributed by atoms with van der Waals surface area (Å²) in [4.78, 5) is 8.71. The summed E-state index contributed by atoms with van der Waals surface area (Å²) in [6.45, 7) is 14.3. The molecule has 38 heavy (non-hydrogen) atoms. The topological polar surface area (TPSA) is 93.2 Å². The van der Waals surface area contributed by atoms with Gasteiger partial charge in [-0.15, -0.1) is 11.3 Å². The van der Waals surface area contributed by atoms with Crippen LogP contribution in [0.3, 0.4) is 0 Å². The predicted octanol–water partition coefficient (Wildman–Crippen LogP) is 6.85. The Bertz CT molecular complexity index is 1150. The Morgan fingerprint density at radius 2 is 1.58 bits per heavy atom. The molecular weight excluding hydrogens is 496 g/mol. The van der Waals surface area contributed by atoms with Gasteiger partial charge in [0.05, 0.1) is 10.7 Å². The highest BCUT2D eigenvalue weighted by atomic mass is 32.1. The molecule has 0 saturated heterocycles. The molecule has 0 aliphatic rings. The van der Waals surface area contributed by atoms with Gasteiger partial charge >= 0.3 is 0 Å². The molecule has 1 aromatic heterocycles. The van der Waals surface area contributed by atoms with E-state index in [1.165, 1.54) is 4.88 Å². The maximum Gasteiger partial charge on any atom is 0.241 e. The molecule has 0 spiro atoms. The van der Waals surface area contributed by atoms with E-state index in [-0.39, 0.29) is 5.84 Å². The number of nitrogens with zero attached hydrogens (tertiary/aromatic N) is 3. The largest absolute Gasteiger partial charge is 0.455 e. The Balaban J connectivity index is 1.71. The zero-order chi connectivity index (χ0) is 27.7. The van der Waals surface area contributed by atoms with Gasteiger partial charge in [-0.25, -0.2) is 4.98 Å². The number of rotatable bonds is 14. The fraction of sp³-hybridized carbons (Fsp3) is 0.467. The average molecular weight is 539 g/mol. The normalized spacial score (nSPS) is 12.9. The van der Waals surface area contributed by atoms with Crippen LogP contribution < -0.4 is 15.2 Å². The lowest BCUT2D eigenvalue weighted by Gasteiger charge is -2.30. The van der Waals surface area contributed by atoms with Gasteiger partial charge in [-0.05, 0) is 96.0 Å². The highest BCUT2D eigenvalue weighted by Crippen LogP contribution is 2.31. The lowest BCUT2D eigenvalue weighted by Crippen LogP contribution is -2.38. The summed E-state index contributed by atoms with van der Waals surface area (Å²) in [5, 5.41) is 13.0. The molecule has 3 rings (SSSR count). The number of unbranched alkanes of at least 4 members (excludes halogenated alkanes) is 1. The van der Waals surface area contributed by atoms with Crippen molar-refractivity contribution >= 4 is 17.2 Å². The first-order valence-corrected chi connectivity index (χ1v) is 14.3. The summed E-state index contributed by atoms with van der Waals surface area (Å²) in [7, 11) is 0. The molecule has 1 unspecified atom stereocenters. The van der Waals surface area contributed by atoms with E-state index in [9.17, 15) is 0 Å². The van der Waals surface area contributed by atoms with Crippen LogP contribution in [0.15, 0.2) is 53.7 Å². The van der Waals surface area contributed by atoms with Gasteiger partial charge in [0.25, 0.3) is 0 Å². The van der Waals surface area contributed by atoms with E-state index in [1.807, 2.05) is 12.1 Å². The number of nitrogens with two attached hydrogens (primary N) is 1. The van der Waals surface area contributed by atoms with Crippen LogP contribution in [0.2, 0.25) is 0 Å². The van der Waals surface area contributed by atoms with Crippen LogP contribution in [0, 0.1) is 6.92 Å². The highest BCUT2D eigenvalue weighted by Gasteiger charge is 2.18. The van der Waals surface area contributed by atoms with Crippen LogP contribution in [-0.4, -0.2) is 45.8 Å². The fourth-order valence-corrected chi connectivity index (χ4v) is 5.42. The second-order valence-electron chi connectivity index (χ2n) is 10.0. The Labute approximate surface area is 231 Å². The van der Waals surface area contributed by atoms with Crippen LogP contribution in [0.1, 0.15) is 69.3 Å². The number of aryl methyl sites for hydroxylation is 1. The van der Waals surface area contributed by atoms with Crippen LogP contribution in [0.25, 0.3) is 11.3 Å². The van der Waals surface area contributed by atoms with Gasteiger partial charge in [0.2, 0.25) is 6.29 Å². The van der Waals surface area contributed by atoms with Gasteiger partial charge in [0, 0.05) is 41.1 Å². The van der Waals surface area contributed by atoms with Crippen LogP contribution in [0.4, 0.5) is 0 Å². The molecule has 206 valence electrons. The Morgan fingerprint density at radius 3 is 2.11 bits per heavy atom. The van der Waals surface area contributed by atoms with E-state index in [1.54, 1.807) is 35.6 Å². The molecule has 0 radical (unpaired) electrons. The lowest BCUT2D eigenvalue weighted by atomic mass is 10.1. The van der Waals surface area contributed by atoms with E-state index in [0.29, 0.717) is 23.4 Å². The number of hydrogen-bond acceptors (Lipinski definition) is 7. The van der Waals surface area contributed by atoms with Crippen LogP contribution in [-0.2, 0) is 6.42 Å². The molecule has 0 fully saturated rings. The molecule has 8 heteroatoms. The molecule has 0 bridgehead atoms. The maximum absolute atomic E-state index is 8.87. The summed E-state index contributed by atoms with van der Waals surface area (Å²) in [6, 6.07) is 16.3. The molecule has 0 aliphatic carbocycles. The zero-order valence-corrected chi connectivity index (χ0v) is 24.3. The summed E-state index contributed by atoms with van der Waals surface area (Å²) >= 11 is 1.79. The van der Waals surface area contributed by atoms with Gasteiger partial charge < -0.3 is 20.4 Å². The van der Waals surface area contributed by atoms with Crippen molar-refractivity contribution in [1.29, 1.82) is 0 Å². The van der Waals surface area contributed by atoms with E-state index in [4.69, 9.17) is 25.4 Å². The second kappa shape index (κ2) is 14.2. The molecule has 0 saturated carbocycles. The fourth-order valence-electron chi connectivity index (χ4n) is 4.48. The lowest BCUT2D eigenvalue weighted by molar-refractivity contribution is -0.00211. The van der Waals surface area contributed by atoms with Crippen molar-refractivity contribution in [3.05, 3.63) is 64.0 Å². The maximum atomic E-state index is 8.87. The molecule has 1 heterocycles. The van der Waals surface area contributed by atoms with Crippen molar-refractivity contribution in [3.63, 3.8) is 0 Å². The van der Waals surface area contributed by atoms with Gasteiger partial charge in [0.1, 0.15) is 11.5 Å². The molecule has 3 N–H and O–H groups in total. The van der Waals surface area contributed by atoms with Gasteiger partial charge in [-0.2, -0.15) is 0 Å². The van der Waals surface area contributed by atoms with Gasteiger partial charge in [-0.1, -0.05) is 18.5 Å². The molecule has 2 aromatic carbocycles. The smallest absolute Gasteiger partial charge is 0.241 e. The molecule has 7 nitrogen and oxygen atoms in total. The van der Waals surface area contributed by atoms with Crippen LogP contribution in [0.5, 0.6) is 11.5 Å². The Hall–Kier alpha value is -3.10. The third-order valence-electron chi connectivity index (χ3n) is 6.44. The molecule has 0 amide bonds. The zero-order valence-electron chi connectivity index (χ0n) is 23.5. The third-order valence-corrected chi connectivity index (χ3v) is 7.47. The highest BCUT2D eigenvalue weighted by molar-refractivity contribution is 7.12. The van der Waals surface area contributed by atoms with Crippen molar-refractivity contribution in [1.82, 2.24) is 9.88 Å². The molecule has 0 aliphatic heterocycles. The Morgan fingerprint density at radius 1 is 1.00 bits per heavy atom. The van der Waals surface area contributed by atoms with Crippen LogP contribution >= 0.6 is 11.3 Å². The van der Waals surface area contributed by atoms with E-state index >= 15 is 0 Å². The number of oxime groups is 1. The Kier molecular flexibility index (Phi) is 11.0. The average Bonchev–Trinajstić information content (AvgIpc) is 3.27. The third kappa shape index (κ3) is 8.20. The van der Waals surface area contributed by atoms with Gasteiger partial charge in [-0.3, -0.25) is 4.90 Å². The quantitative estimate of drug-likeness (QED) is 0.0767. The minimum atomic E-state index is -0.425. The number of thiazole rings is 1. The van der Waals surface area contributed by atoms with E-state index in [0.717, 1.165) is 54.2 Å². The second-order valence-corrected chi connectivity index (χ2v) is 11.3. The van der Waals surface area contributed by atoms with E-state index < -0.39 is 6.29 Å². The van der Waals surface area contributed by atoms with Crippen molar-refractivity contribution in [2.75, 3.05) is 6.54 Å². The summed E-state index contributed by atoms with van der Waals surface area (Å²) in [5.41, 5.74) is 8.45. The van der Waals surface area contributed by atoms with Gasteiger partial charge in [0.15, 0.2) is 5.84 Å².